The van der Waals surface area contributed by atoms with Gasteiger partial charge in [0.1, 0.15) is 5.75 Å². The van der Waals surface area contributed by atoms with E-state index in [1.165, 1.54) is 17.0 Å². The quantitative estimate of drug-likeness (QED) is 0.765. The SMILES string of the molecule is CN(C(=O)N1CC[C@@H](O)C1)c1ccc(O)cc1. The molecular weight excluding hydrogens is 220 g/mol. The second-order valence-electron chi connectivity index (χ2n) is 4.25. The molecule has 1 aromatic carbocycles. The molecule has 17 heavy (non-hydrogen) atoms. The van der Waals surface area contributed by atoms with E-state index in [1.807, 2.05) is 0 Å². The number of anilines is 1. The van der Waals surface area contributed by atoms with E-state index in [-0.39, 0.29) is 11.8 Å². The second-order valence-corrected chi connectivity index (χ2v) is 4.25. The Morgan fingerprint density at radius 1 is 1.41 bits per heavy atom. The van der Waals surface area contributed by atoms with Gasteiger partial charge >= 0.3 is 6.03 Å². The van der Waals surface area contributed by atoms with Crippen molar-refractivity contribution in [1.82, 2.24) is 4.90 Å². The molecule has 1 fully saturated rings. The summed E-state index contributed by atoms with van der Waals surface area (Å²) < 4.78 is 0. The van der Waals surface area contributed by atoms with E-state index in [0.717, 1.165) is 0 Å². The van der Waals surface area contributed by atoms with E-state index in [1.54, 1.807) is 24.1 Å². The third-order valence-electron chi connectivity index (χ3n) is 2.96. The Morgan fingerprint density at radius 2 is 2.06 bits per heavy atom. The number of hydrogen-bond donors (Lipinski definition) is 2. The van der Waals surface area contributed by atoms with E-state index >= 15 is 0 Å². The monoisotopic (exact) mass is 236 g/mol. The first-order valence-electron chi connectivity index (χ1n) is 5.57. The molecule has 0 saturated carbocycles. The highest BCUT2D eigenvalue weighted by atomic mass is 16.3. The Hall–Kier alpha value is -1.75. The Labute approximate surface area is 99.9 Å². The van der Waals surface area contributed by atoms with Gasteiger partial charge in [-0.3, -0.25) is 4.90 Å². The van der Waals surface area contributed by atoms with Crippen LogP contribution in [0.3, 0.4) is 0 Å². The molecule has 5 nitrogen and oxygen atoms in total. The largest absolute Gasteiger partial charge is 0.508 e. The van der Waals surface area contributed by atoms with Gasteiger partial charge < -0.3 is 15.1 Å². The summed E-state index contributed by atoms with van der Waals surface area (Å²) in [6.45, 7) is 0.976. The first-order chi connectivity index (χ1) is 8.08. The fourth-order valence-electron chi connectivity index (χ4n) is 1.91. The second kappa shape index (κ2) is 4.63. The van der Waals surface area contributed by atoms with Crippen molar-refractivity contribution in [1.29, 1.82) is 0 Å². The minimum Gasteiger partial charge on any atom is -0.508 e. The van der Waals surface area contributed by atoms with Gasteiger partial charge in [0, 0.05) is 25.8 Å². The normalized spacial score (nSPS) is 19.4. The number of β-amino-alcohol motifs (C(OH)–C–C–N with tert-alkyl or cyclic N) is 1. The zero-order valence-corrected chi connectivity index (χ0v) is 9.71. The number of phenols is 1. The highest BCUT2D eigenvalue weighted by Gasteiger charge is 2.27. The third-order valence-corrected chi connectivity index (χ3v) is 2.96. The van der Waals surface area contributed by atoms with E-state index in [4.69, 9.17) is 0 Å². The minimum absolute atomic E-state index is 0.132. The van der Waals surface area contributed by atoms with E-state index < -0.39 is 6.10 Å². The third kappa shape index (κ3) is 2.50. The highest BCUT2D eigenvalue weighted by Crippen LogP contribution is 2.20. The predicted octanol–water partition coefficient (Wildman–Crippen LogP) is 1.02. The summed E-state index contributed by atoms with van der Waals surface area (Å²) >= 11 is 0. The molecule has 1 saturated heterocycles. The molecule has 0 spiro atoms. The topological polar surface area (TPSA) is 64.0 Å². The van der Waals surface area contributed by atoms with Crippen molar-refractivity contribution in [3.05, 3.63) is 24.3 Å². The van der Waals surface area contributed by atoms with Crippen molar-refractivity contribution in [2.75, 3.05) is 25.0 Å². The lowest BCUT2D eigenvalue weighted by Gasteiger charge is -2.24. The van der Waals surface area contributed by atoms with Gasteiger partial charge in [-0.05, 0) is 30.7 Å². The fourth-order valence-corrected chi connectivity index (χ4v) is 1.91. The number of aliphatic hydroxyl groups excluding tert-OH is 1. The molecular formula is C12H16N2O3. The molecule has 0 aliphatic carbocycles. The number of likely N-dealkylation sites (tertiary alicyclic amines) is 1. The molecule has 1 heterocycles. The lowest BCUT2D eigenvalue weighted by molar-refractivity contribution is 0.175. The summed E-state index contributed by atoms with van der Waals surface area (Å²) in [4.78, 5) is 15.2. The van der Waals surface area contributed by atoms with Gasteiger partial charge in [0.2, 0.25) is 0 Å². The molecule has 1 aliphatic heterocycles. The number of phenolic OH excluding ortho intramolecular Hbond substituents is 1. The number of nitrogens with zero attached hydrogens (tertiary/aromatic N) is 2. The molecule has 1 aliphatic rings. The van der Waals surface area contributed by atoms with Gasteiger partial charge in [0.05, 0.1) is 6.10 Å². The van der Waals surface area contributed by atoms with Crippen LogP contribution in [-0.2, 0) is 0 Å². The Morgan fingerprint density at radius 3 is 2.59 bits per heavy atom. The minimum atomic E-state index is -0.410. The number of hydrogen-bond acceptors (Lipinski definition) is 3. The molecule has 0 aromatic heterocycles. The first-order valence-corrected chi connectivity index (χ1v) is 5.57. The van der Waals surface area contributed by atoms with Crippen molar-refractivity contribution in [3.8, 4) is 5.75 Å². The lowest BCUT2D eigenvalue weighted by atomic mass is 10.3. The number of rotatable bonds is 1. The number of urea groups is 1. The van der Waals surface area contributed by atoms with Crippen molar-refractivity contribution in [2.45, 2.75) is 12.5 Å². The lowest BCUT2D eigenvalue weighted by Crippen LogP contribution is -2.40. The number of carbonyl (C=O) groups excluding carboxylic acids is 1. The summed E-state index contributed by atoms with van der Waals surface area (Å²) in [6, 6.07) is 6.31. The van der Waals surface area contributed by atoms with Gasteiger partial charge in [-0.2, -0.15) is 0 Å². The van der Waals surface area contributed by atoms with Crippen molar-refractivity contribution >= 4 is 11.7 Å². The summed E-state index contributed by atoms with van der Waals surface area (Å²) in [5, 5.41) is 18.6. The van der Waals surface area contributed by atoms with Crippen LogP contribution in [0.1, 0.15) is 6.42 Å². The molecule has 1 aromatic rings. The number of benzene rings is 1. The van der Waals surface area contributed by atoms with E-state index in [0.29, 0.717) is 25.2 Å². The summed E-state index contributed by atoms with van der Waals surface area (Å²) in [7, 11) is 1.68. The molecule has 2 N–H and O–H groups in total. The Kier molecular flexibility index (Phi) is 3.19. The number of aliphatic hydroxyl groups is 1. The molecule has 0 radical (unpaired) electrons. The van der Waals surface area contributed by atoms with Gasteiger partial charge in [0.15, 0.2) is 0 Å². The Bertz CT molecular complexity index is 405. The van der Waals surface area contributed by atoms with Gasteiger partial charge in [-0.25, -0.2) is 4.79 Å². The van der Waals surface area contributed by atoms with E-state index in [9.17, 15) is 15.0 Å². The molecule has 0 bridgehead atoms. The van der Waals surface area contributed by atoms with Crippen LogP contribution >= 0.6 is 0 Å². The summed E-state index contributed by atoms with van der Waals surface area (Å²) in [5.74, 6) is 0.172. The van der Waals surface area contributed by atoms with Crippen LogP contribution in [0.25, 0.3) is 0 Å². The first kappa shape index (κ1) is 11.7. The maximum atomic E-state index is 12.1. The highest BCUT2D eigenvalue weighted by molar-refractivity contribution is 5.91. The van der Waals surface area contributed by atoms with Crippen molar-refractivity contribution in [2.24, 2.45) is 0 Å². The number of carbonyl (C=O) groups is 1. The number of aromatic hydroxyl groups is 1. The van der Waals surface area contributed by atoms with E-state index in [2.05, 4.69) is 0 Å². The zero-order chi connectivity index (χ0) is 12.4. The van der Waals surface area contributed by atoms with Crippen LogP contribution in [0.15, 0.2) is 24.3 Å². The van der Waals surface area contributed by atoms with Gasteiger partial charge in [-0.1, -0.05) is 0 Å². The fraction of sp³-hybridized carbons (Fsp3) is 0.417. The molecule has 92 valence electrons. The van der Waals surface area contributed by atoms with Gasteiger partial charge in [0.25, 0.3) is 0 Å². The van der Waals surface area contributed by atoms with Crippen LogP contribution in [0.2, 0.25) is 0 Å². The van der Waals surface area contributed by atoms with Crippen LogP contribution in [0, 0.1) is 0 Å². The molecule has 1 atom stereocenters. The summed E-state index contributed by atoms with van der Waals surface area (Å²) in [6.07, 6.45) is 0.224. The van der Waals surface area contributed by atoms with Crippen LogP contribution in [0.5, 0.6) is 5.75 Å². The average molecular weight is 236 g/mol. The number of amides is 2. The average Bonchev–Trinajstić information content (AvgIpc) is 2.75. The molecule has 2 amide bonds. The molecule has 2 rings (SSSR count). The molecule has 5 heteroatoms. The maximum absolute atomic E-state index is 12.1. The standard InChI is InChI=1S/C12H16N2O3/c1-13(9-2-4-10(15)5-3-9)12(17)14-7-6-11(16)8-14/h2-5,11,15-16H,6-8H2,1H3/t11-/m1/s1. The maximum Gasteiger partial charge on any atom is 0.324 e. The van der Waals surface area contributed by atoms with Gasteiger partial charge in [-0.15, -0.1) is 0 Å². The predicted molar refractivity (Wildman–Crippen MR) is 64.1 cm³/mol. The van der Waals surface area contributed by atoms with Crippen LogP contribution in [-0.4, -0.2) is 47.4 Å². The van der Waals surface area contributed by atoms with Crippen molar-refractivity contribution in [3.63, 3.8) is 0 Å². The Balaban J connectivity index is 2.06. The molecule has 0 unspecified atom stereocenters. The zero-order valence-electron chi connectivity index (χ0n) is 9.71. The van der Waals surface area contributed by atoms with Crippen LogP contribution in [0.4, 0.5) is 10.5 Å². The smallest absolute Gasteiger partial charge is 0.324 e. The van der Waals surface area contributed by atoms with Crippen LogP contribution < -0.4 is 4.90 Å². The van der Waals surface area contributed by atoms with Crippen molar-refractivity contribution < 1.29 is 15.0 Å². The summed E-state index contributed by atoms with van der Waals surface area (Å²) in [5.41, 5.74) is 0.717.